The third-order valence-corrected chi connectivity index (χ3v) is 15.7. The second-order valence-electron chi connectivity index (χ2n) is 23.5. The molecule has 0 N–H and O–H groups in total. The standard InChI is InChI=1S/C70H132O6/c1-4-7-10-13-16-19-22-25-28-31-33-34-35-36-37-38-40-42-45-48-51-54-57-60-63-69(72)75-66-67(65-74-68(71)62-59-56-53-50-47-44-41-30-27-24-21-18-15-12-9-6-3)76-70(73)64-61-58-55-52-49-46-43-39-32-29-26-23-20-17-14-11-8-5-2/h21,24,30,41,67H,4-20,22-23,25-29,31-40,42-66H2,1-3H3/b24-21-,41-30-. The lowest BCUT2D eigenvalue weighted by Gasteiger charge is -2.18. The van der Waals surface area contributed by atoms with Gasteiger partial charge in [0.2, 0.25) is 0 Å². The highest BCUT2D eigenvalue weighted by molar-refractivity contribution is 5.71. The van der Waals surface area contributed by atoms with Gasteiger partial charge in [0.15, 0.2) is 6.10 Å². The van der Waals surface area contributed by atoms with E-state index < -0.39 is 6.10 Å². The highest BCUT2D eigenvalue weighted by Crippen LogP contribution is 2.19. The van der Waals surface area contributed by atoms with Crippen LogP contribution >= 0.6 is 0 Å². The Balaban J connectivity index is 4.27. The van der Waals surface area contributed by atoms with Crippen LogP contribution in [0.5, 0.6) is 0 Å². The molecule has 0 spiro atoms. The van der Waals surface area contributed by atoms with Gasteiger partial charge in [0.1, 0.15) is 13.2 Å². The fourth-order valence-corrected chi connectivity index (χ4v) is 10.5. The van der Waals surface area contributed by atoms with Crippen molar-refractivity contribution in [1.29, 1.82) is 0 Å². The summed E-state index contributed by atoms with van der Waals surface area (Å²) in [5.74, 6) is -0.852. The number of carbonyl (C=O) groups is 3. The van der Waals surface area contributed by atoms with E-state index in [-0.39, 0.29) is 31.1 Å². The van der Waals surface area contributed by atoms with Gasteiger partial charge in [-0.05, 0) is 51.4 Å². The summed E-state index contributed by atoms with van der Waals surface area (Å²) in [5.41, 5.74) is 0. The zero-order chi connectivity index (χ0) is 55.0. The molecule has 0 aromatic heterocycles. The second-order valence-corrected chi connectivity index (χ2v) is 23.5. The fraction of sp³-hybridized carbons (Fsp3) is 0.900. The molecule has 76 heavy (non-hydrogen) atoms. The molecule has 0 rings (SSSR count). The first-order valence-electron chi connectivity index (χ1n) is 34.3. The Labute approximate surface area is 474 Å². The first-order valence-corrected chi connectivity index (χ1v) is 34.3. The minimum atomic E-state index is -0.774. The van der Waals surface area contributed by atoms with Crippen molar-refractivity contribution in [3.8, 4) is 0 Å². The second kappa shape index (κ2) is 65.4. The van der Waals surface area contributed by atoms with Crippen LogP contribution in [0.4, 0.5) is 0 Å². The lowest BCUT2D eigenvalue weighted by Crippen LogP contribution is -2.30. The number of hydrogen-bond donors (Lipinski definition) is 0. The molecular formula is C70H132O6. The Hall–Kier alpha value is -2.11. The number of allylic oxidation sites excluding steroid dienone is 4. The van der Waals surface area contributed by atoms with Crippen molar-refractivity contribution in [1.82, 2.24) is 0 Å². The Bertz CT molecular complexity index is 1230. The van der Waals surface area contributed by atoms with Gasteiger partial charge in [-0.1, -0.05) is 340 Å². The van der Waals surface area contributed by atoms with Gasteiger partial charge in [0, 0.05) is 19.3 Å². The molecular weight excluding hydrogens is 937 g/mol. The van der Waals surface area contributed by atoms with Gasteiger partial charge < -0.3 is 14.2 Å². The first-order chi connectivity index (χ1) is 37.5. The van der Waals surface area contributed by atoms with Crippen LogP contribution in [0.3, 0.4) is 0 Å². The topological polar surface area (TPSA) is 78.9 Å². The van der Waals surface area contributed by atoms with Gasteiger partial charge in [-0.15, -0.1) is 0 Å². The zero-order valence-electron chi connectivity index (χ0n) is 51.6. The molecule has 1 unspecified atom stereocenters. The highest BCUT2D eigenvalue weighted by atomic mass is 16.6. The Morgan fingerprint density at radius 3 is 0.737 bits per heavy atom. The fourth-order valence-electron chi connectivity index (χ4n) is 10.5. The Morgan fingerprint density at radius 1 is 0.263 bits per heavy atom. The highest BCUT2D eigenvalue weighted by Gasteiger charge is 2.19. The summed E-state index contributed by atoms with van der Waals surface area (Å²) in [4.78, 5) is 38.4. The van der Waals surface area contributed by atoms with Gasteiger partial charge >= 0.3 is 17.9 Å². The molecule has 6 heteroatoms. The van der Waals surface area contributed by atoms with E-state index in [0.717, 1.165) is 77.0 Å². The molecule has 0 heterocycles. The van der Waals surface area contributed by atoms with Crippen LogP contribution in [0.1, 0.15) is 387 Å². The van der Waals surface area contributed by atoms with Gasteiger partial charge in [-0.2, -0.15) is 0 Å². The van der Waals surface area contributed by atoms with Crippen molar-refractivity contribution >= 4 is 17.9 Å². The van der Waals surface area contributed by atoms with Crippen LogP contribution in [0, 0.1) is 0 Å². The van der Waals surface area contributed by atoms with Crippen LogP contribution in [-0.4, -0.2) is 37.2 Å². The van der Waals surface area contributed by atoms with Crippen molar-refractivity contribution < 1.29 is 28.6 Å². The third kappa shape index (κ3) is 62.7. The number of hydrogen-bond acceptors (Lipinski definition) is 6. The molecule has 1 atom stereocenters. The Morgan fingerprint density at radius 2 is 0.474 bits per heavy atom. The van der Waals surface area contributed by atoms with Gasteiger partial charge in [-0.3, -0.25) is 14.4 Å². The van der Waals surface area contributed by atoms with Gasteiger partial charge in [0.05, 0.1) is 0 Å². The lowest BCUT2D eigenvalue weighted by atomic mass is 10.0. The summed E-state index contributed by atoms with van der Waals surface area (Å²) in [7, 11) is 0. The van der Waals surface area contributed by atoms with Gasteiger partial charge in [0.25, 0.3) is 0 Å². The predicted molar refractivity (Wildman–Crippen MR) is 330 cm³/mol. The molecule has 448 valence electrons. The maximum absolute atomic E-state index is 12.9. The van der Waals surface area contributed by atoms with Crippen LogP contribution < -0.4 is 0 Å². The van der Waals surface area contributed by atoms with E-state index in [1.165, 1.54) is 270 Å². The lowest BCUT2D eigenvalue weighted by molar-refractivity contribution is -0.167. The Kier molecular flexibility index (Phi) is 63.6. The average Bonchev–Trinajstić information content (AvgIpc) is 3.42. The molecule has 0 aliphatic carbocycles. The van der Waals surface area contributed by atoms with E-state index in [1.54, 1.807) is 0 Å². The summed E-state index contributed by atoms with van der Waals surface area (Å²) >= 11 is 0. The quantitative estimate of drug-likeness (QED) is 0.0261. The summed E-state index contributed by atoms with van der Waals surface area (Å²) in [6.07, 6.45) is 79.1. The van der Waals surface area contributed by atoms with E-state index in [2.05, 4.69) is 45.1 Å². The molecule has 0 saturated heterocycles. The largest absolute Gasteiger partial charge is 0.462 e. The molecule has 6 nitrogen and oxygen atoms in total. The van der Waals surface area contributed by atoms with Gasteiger partial charge in [-0.25, -0.2) is 0 Å². The van der Waals surface area contributed by atoms with E-state index in [4.69, 9.17) is 14.2 Å². The van der Waals surface area contributed by atoms with Crippen molar-refractivity contribution in [2.45, 2.75) is 393 Å². The summed E-state index contributed by atoms with van der Waals surface area (Å²) < 4.78 is 17.0. The average molecular weight is 1070 g/mol. The van der Waals surface area contributed by atoms with Crippen molar-refractivity contribution in [2.75, 3.05) is 13.2 Å². The minimum Gasteiger partial charge on any atom is -0.462 e. The third-order valence-electron chi connectivity index (χ3n) is 15.7. The molecule has 0 bridgehead atoms. The molecule has 0 radical (unpaired) electrons. The molecule has 0 fully saturated rings. The summed E-state index contributed by atoms with van der Waals surface area (Å²) in [5, 5.41) is 0. The summed E-state index contributed by atoms with van der Waals surface area (Å²) in [6, 6.07) is 0. The van der Waals surface area contributed by atoms with Crippen LogP contribution in [0.25, 0.3) is 0 Å². The molecule has 0 aliphatic heterocycles. The molecule has 0 amide bonds. The molecule has 0 saturated carbocycles. The molecule has 0 aromatic rings. The normalized spacial score (nSPS) is 12.1. The SMILES string of the molecule is CCCCCC/C=C\C/C=C\CCCCCCCC(=O)OCC(COC(=O)CCCCCCCCCCCCCCCCCCCCCCCCCC)OC(=O)CCCCCCCCCCCCCCCCCCCC. The number of rotatable bonds is 64. The number of esters is 3. The monoisotopic (exact) mass is 1070 g/mol. The number of unbranched alkanes of at least 4 members (excludes halogenated alkanes) is 49. The molecule has 0 aromatic carbocycles. The smallest absolute Gasteiger partial charge is 0.306 e. The predicted octanol–water partition coefficient (Wildman–Crippen LogP) is 23.4. The van der Waals surface area contributed by atoms with Crippen molar-refractivity contribution in [3.05, 3.63) is 24.3 Å². The minimum absolute atomic E-state index is 0.0693. The molecule has 0 aliphatic rings. The van der Waals surface area contributed by atoms with Crippen LogP contribution in [-0.2, 0) is 28.6 Å². The van der Waals surface area contributed by atoms with Crippen LogP contribution in [0.15, 0.2) is 24.3 Å². The number of carbonyl (C=O) groups excluding carboxylic acids is 3. The van der Waals surface area contributed by atoms with Crippen molar-refractivity contribution in [3.63, 3.8) is 0 Å². The van der Waals surface area contributed by atoms with E-state index in [1.807, 2.05) is 0 Å². The maximum atomic E-state index is 12.9. The van der Waals surface area contributed by atoms with E-state index >= 15 is 0 Å². The number of ether oxygens (including phenoxy) is 3. The maximum Gasteiger partial charge on any atom is 0.306 e. The first kappa shape index (κ1) is 73.9. The van der Waals surface area contributed by atoms with Crippen LogP contribution in [0.2, 0.25) is 0 Å². The van der Waals surface area contributed by atoms with Crippen molar-refractivity contribution in [2.24, 2.45) is 0 Å². The summed E-state index contributed by atoms with van der Waals surface area (Å²) in [6.45, 7) is 6.70. The van der Waals surface area contributed by atoms with E-state index in [0.29, 0.717) is 19.3 Å². The zero-order valence-corrected chi connectivity index (χ0v) is 51.6. The van der Waals surface area contributed by atoms with E-state index in [9.17, 15) is 14.4 Å².